The van der Waals surface area contributed by atoms with E-state index in [-0.39, 0.29) is 17.5 Å². The molecule has 0 radical (unpaired) electrons. The van der Waals surface area contributed by atoms with Gasteiger partial charge in [-0.15, -0.1) is 0 Å². The number of hydrogen-bond acceptors (Lipinski definition) is 2. The van der Waals surface area contributed by atoms with Gasteiger partial charge in [-0.1, -0.05) is 15.9 Å². The van der Waals surface area contributed by atoms with Crippen LogP contribution in [0.3, 0.4) is 0 Å². The molecule has 0 bridgehead atoms. The second-order valence-electron chi connectivity index (χ2n) is 5.09. The number of hydrogen-bond donors (Lipinski definition) is 1. The number of rotatable bonds is 4. The molecule has 0 saturated carbocycles. The van der Waals surface area contributed by atoms with Crippen LogP contribution in [0.1, 0.15) is 25.3 Å². The van der Waals surface area contributed by atoms with Crippen LogP contribution in [0.5, 0.6) is 0 Å². The summed E-state index contributed by atoms with van der Waals surface area (Å²) in [5.41, 5.74) is 0.839. The molecule has 0 spiro atoms. The summed E-state index contributed by atoms with van der Waals surface area (Å²) in [6.07, 6.45) is 2.92. The molecule has 0 aromatic heterocycles. The minimum Gasteiger partial charge on any atom is -0.374 e. The fraction of sp³-hybridized carbons (Fsp3) is 0.571. The molecule has 1 aliphatic rings. The first-order valence-corrected chi connectivity index (χ1v) is 7.09. The Bertz CT molecular complexity index is 398. The van der Waals surface area contributed by atoms with Crippen molar-refractivity contribution in [3.05, 3.63) is 34.1 Å². The molecule has 1 aromatic carbocycles. The van der Waals surface area contributed by atoms with Crippen molar-refractivity contribution in [2.24, 2.45) is 0 Å². The highest BCUT2D eigenvalue weighted by molar-refractivity contribution is 9.10. The van der Waals surface area contributed by atoms with Crippen LogP contribution in [-0.2, 0) is 11.2 Å². The Hall–Kier alpha value is -0.450. The molecule has 1 fully saturated rings. The molecule has 1 saturated heterocycles. The van der Waals surface area contributed by atoms with E-state index in [1.54, 1.807) is 6.07 Å². The van der Waals surface area contributed by atoms with Crippen LogP contribution in [0.4, 0.5) is 4.39 Å². The lowest BCUT2D eigenvalue weighted by Crippen LogP contribution is -2.48. The van der Waals surface area contributed by atoms with E-state index in [0.29, 0.717) is 0 Å². The number of halogens is 2. The maximum absolute atomic E-state index is 13.4. The van der Waals surface area contributed by atoms with Gasteiger partial charge in [0.25, 0.3) is 0 Å². The van der Waals surface area contributed by atoms with E-state index in [9.17, 15) is 4.39 Å². The summed E-state index contributed by atoms with van der Waals surface area (Å²) in [4.78, 5) is 0. The van der Waals surface area contributed by atoms with E-state index in [1.165, 1.54) is 6.07 Å². The average molecular weight is 316 g/mol. The smallest absolute Gasteiger partial charge is 0.124 e. The molecule has 1 aromatic rings. The van der Waals surface area contributed by atoms with Gasteiger partial charge < -0.3 is 10.1 Å². The molecule has 4 heteroatoms. The Morgan fingerprint density at radius 2 is 2.28 bits per heavy atom. The van der Waals surface area contributed by atoms with Gasteiger partial charge >= 0.3 is 0 Å². The largest absolute Gasteiger partial charge is 0.374 e. The summed E-state index contributed by atoms with van der Waals surface area (Å²) in [5.74, 6) is -0.202. The van der Waals surface area contributed by atoms with Gasteiger partial charge in [0, 0.05) is 17.1 Å². The minimum absolute atomic E-state index is 0.145. The number of likely N-dealkylation sites (N-methyl/N-ethyl adjacent to an activating group) is 1. The average Bonchev–Trinajstić information content (AvgIpc) is 2.72. The Balaban J connectivity index is 2.14. The van der Waals surface area contributed by atoms with Crippen LogP contribution in [-0.4, -0.2) is 25.3 Å². The number of ether oxygens (including phenoxy) is 1. The first-order chi connectivity index (χ1) is 8.53. The maximum Gasteiger partial charge on any atom is 0.124 e. The molecule has 0 amide bonds. The first-order valence-electron chi connectivity index (χ1n) is 6.30. The number of benzene rings is 1. The van der Waals surface area contributed by atoms with E-state index < -0.39 is 0 Å². The lowest BCUT2D eigenvalue weighted by molar-refractivity contribution is -0.00945. The second kappa shape index (κ2) is 5.68. The van der Waals surface area contributed by atoms with E-state index >= 15 is 0 Å². The summed E-state index contributed by atoms with van der Waals surface area (Å²) in [6, 6.07) is 5.24. The lowest BCUT2D eigenvalue weighted by Gasteiger charge is -2.33. The van der Waals surface area contributed by atoms with E-state index in [0.717, 1.165) is 35.9 Å². The van der Waals surface area contributed by atoms with Gasteiger partial charge in [0.2, 0.25) is 0 Å². The zero-order valence-electron chi connectivity index (χ0n) is 10.8. The molecule has 2 atom stereocenters. The normalized spacial score (nSPS) is 25.3. The quantitative estimate of drug-likeness (QED) is 0.920. The molecule has 2 unspecified atom stereocenters. The molecular weight excluding hydrogens is 297 g/mol. The predicted molar refractivity (Wildman–Crippen MR) is 74.2 cm³/mol. The monoisotopic (exact) mass is 315 g/mol. The van der Waals surface area contributed by atoms with Crippen molar-refractivity contribution in [1.82, 2.24) is 5.32 Å². The van der Waals surface area contributed by atoms with Crippen LogP contribution < -0.4 is 5.32 Å². The van der Waals surface area contributed by atoms with E-state index in [2.05, 4.69) is 28.2 Å². The third kappa shape index (κ3) is 3.11. The van der Waals surface area contributed by atoms with Gasteiger partial charge in [-0.05, 0) is 57.0 Å². The molecule has 0 aliphatic carbocycles. The highest BCUT2D eigenvalue weighted by Crippen LogP contribution is 2.30. The van der Waals surface area contributed by atoms with Gasteiger partial charge in [-0.2, -0.15) is 0 Å². The van der Waals surface area contributed by atoms with E-state index in [1.807, 2.05) is 13.1 Å². The lowest BCUT2D eigenvalue weighted by atomic mass is 9.88. The van der Waals surface area contributed by atoms with Gasteiger partial charge in [0.05, 0.1) is 5.60 Å². The molecule has 2 nitrogen and oxygen atoms in total. The topological polar surface area (TPSA) is 21.3 Å². The first kappa shape index (κ1) is 14.0. The van der Waals surface area contributed by atoms with Crippen molar-refractivity contribution in [3.63, 3.8) is 0 Å². The van der Waals surface area contributed by atoms with Gasteiger partial charge in [0.15, 0.2) is 0 Å². The maximum atomic E-state index is 13.4. The molecule has 100 valence electrons. The number of nitrogens with one attached hydrogen (secondary N) is 1. The Morgan fingerprint density at radius 3 is 2.83 bits per heavy atom. The highest BCUT2D eigenvalue weighted by atomic mass is 79.9. The summed E-state index contributed by atoms with van der Waals surface area (Å²) in [6.45, 7) is 2.96. The van der Waals surface area contributed by atoms with E-state index in [4.69, 9.17) is 4.74 Å². The molecule has 2 rings (SSSR count). The van der Waals surface area contributed by atoms with Crippen molar-refractivity contribution in [2.45, 2.75) is 37.8 Å². The summed E-state index contributed by atoms with van der Waals surface area (Å²) < 4.78 is 20.0. The zero-order valence-corrected chi connectivity index (χ0v) is 12.4. The van der Waals surface area contributed by atoms with Crippen LogP contribution in [0.15, 0.2) is 22.7 Å². The standard InChI is InChI=1S/C14H19BrFNO/c1-14(4-3-5-18-14)13(17-2)8-10-6-11(15)9-12(16)7-10/h6-7,9,13,17H,3-5,8H2,1-2H3. The SMILES string of the molecule is CNC(Cc1cc(F)cc(Br)c1)C1(C)CCCO1. The Labute approximate surface area is 116 Å². The summed E-state index contributed by atoms with van der Waals surface area (Å²) >= 11 is 3.33. The van der Waals surface area contributed by atoms with Crippen molar-refractivity contribution in [2.75, 3.05) is 13.7 Å². The van der Waals surface area contributed by atoms with Gasteiger partial charge in [-0.3, -0.25) is 0 Å². The summed E-state index contributed by atoms with van der Waals surface area (Å²) in [7, 11) is 1.94. The highest BCUT2D eigenvalue weighted by Gasteiger charge is 2.37. The molecule has 1 N–H and O–H groups in total. The Morgan fingerprint density at radius 1 is 1.50 bits per heavy atom. The second-order valence-corrected chi connectivity index (χ2v) is 6.00. The van der Waals surface area contributed by atoms with Crippen molar-refractivity contribution in [1.29, 1.82) is 0 Å². The van der Waals surface area contributed by atoms with Gasteiger partial charge in [0.1, 0.15) is 5.82 Å². The van der Waals surface area contributed by atoms with Crippen LogP contribution in [0.2, 0.25) is 0 Å². The minimum atomic E-state index is -0.202. The van der Waals surface area contributed by atoms with Crippen molar-refractivity contribution in [3.8, 4) is 0 Å². The third-order valence-corrected chi connectivity index (χ3v) is 4.15. The zero-order chi connectivity index (χ0) is 13.2. The van der Waals surface area contributed by atoms with Crippen LogP contribution in [0.25, 0.3) is 0 Å². The molecule has 1 heterocycles. The van der Waals surface area contributed by atoms with Crippen molar-refractivity contribution < 1.29 is 9.13 Å². The summed E-state index contributed by atoms with van der Waals surface area (Å²) in [5, 5.41) is 3.31. The fourth-order valence-corrected chi connectivity index (χ4v) is 3.18. The van der Waals surface area contributed by atoms with Crippen LogP contribution >= 0.6 is 15.9 Å². The third-order valence-electron chi connectivity index (χ3n) is 3.70. The molecule has 1 aliphatic heterocycles. The van der Waals surface area contributed by atoms with Gasteiger partial charge in [-0.25, -0.2) is 4.39 Å². The van der Waals surface area contributed by atoms with Crippen molar-refractivity contribution >= 4 is 15.9 Å². The van der Waals surface area contributed by atoms with Crippen LogP contribution in [0, 0.1) is 5.82 Å². The Kier molecular flexibility index (Phi) is 4.41. The fourth-order valence-electron chi connectivity index (χ4n) is 2.66. The predicted octanol–water partition coefficient (Wildman–Crippen LogP) is 3.29. The molecule has 18 heavy (non-hydrogen) atoms. The molecular formula is C14H19BrFNO.